The van der Waals surface area contributed by atoms with Gasteiger partial charge in [-0.2, -0.15) is 0 Å². The molecule has 1 unspecified atom stereocenters. The molecule has 0 radical (unpaired) electrons. The van der Waals surface area contributed by atoms with Gasteiger partial charge in [-0.15, -0.1) is 0 Å². The minimum absolute atomic E-state index is 0.148. The quantitative estimate of drug-likeness (QED) is 0.866. The predicted molar refractivity (Wildman–Crippen MR) is 70.1 cm³/mol. The van der Waals surface area contributed by atoms with E-state index in [4.69, 9.17) is 4.42 Å². The van der Waals surface area contributed by atoms with Gasteiger partial charge in [-0.1, -0.05) is 30.7 Å². The molecular formula is C15H19NO. The molecule has 17 heavy (non-hydrogen) atoms. The Morgan fingerprint density at radius 1 is 1.24 bits per heavy atom. The van der Waals surface area contributed by atoms with Crippen molar-refractivity contribution in [1.29, 1.82) is 0 Å². The van der Waals surface area contributed by atoms with Crippen LogP contribution in [0.4, 0.5) is 0 Å². The predicted octanol–water partition coefficient (Wildman–Crippen LogP) is 3.60. The monoisotopic (exact) mass is 229 g/mol. The maximum absolute atomic E-state index is 5.53. The number of furan rings is 1. The summed E-state index contributed by atoms with van der Waals surface area (Å²) in [5.41, 5.74) is 3.86. The number of aryl methyl sites for hydroxylation is 2. The van der Waals surface area contributed by atoms with E-state index in [1.54, 1.807) is 6.26 Å². The van der Waals surface area contributed by atoms with Gasteiger partial charge in [0.25, 0.3) is 0 Å². The number of rotatable bonds is 4. The van der Waals surface area contributed by atoms with Crippen LogP contribution in [-0.4, -0.2) is 6.54 Å². The maximum atomic E-state index is 5.53. The van der Waals surface area contributed by atoms with Gasteiger partial charge in [0.15, 0.2) is 0 Å². The first-order valence-electron chi connectivity index (χ1n) is 6.06. The molecule has 0 bridgehead atoms. The van der Waals surface area contributed by atoms with E-state index in [9.17, 15) is 0 Å². The average molecular weight is 229 g/mol. The molecule has 0 aliphatic rings. The Morgan fingerprint density at radius 2 is 2.06 bits per heavy atom. The van der Waals surface area contributed by atoms with Gasteiger partial charge in [0, 0.05) is 0 Å². The fourth-order valence-electron chi connectivity index (χ4n) is 2.09. The SMILES string of the molecule is CCNC(c1ccco1)c1cc(C)ccc1C. The molecule has 2 rings (SSSR count). The van der Waals surface area contributed by atoms with E-state index in [-0.39, 0.29) is 6.04 Å². The van der Waals surface area contributed by atoms with Crippen LogP contribution >= 0.6 is 0 Å². The summed E-state index contributed by atoms with van der Waals surface area (Å²) in [4.78, 5) is 0. The van der Waals surface area contributed by atoms with Crippen LogP contribution in [0, 0.1) is 13.8 Å². The van der Waals surface area contributed by atoms with Crippen LogP contribution in [0.3, 0.4) is 0 Å². The van der Waals surface area contributed by atoms with Crippen LogP contribution in [0.15, 0.2) is 41.0 Å². The third-order valence-corrected chi connectivity index (χ3v) is 2.98. The largest absolute Gasteiger partial charge is 0.467 e. The Balaban J connectivity index is 2.42. The van der Waals surface area contributed by atoms with E-state index in [1.165, 1.54) is 16.7 Å². The minimum Gasteiger partial charge on any atom is -0.467 e. The fourth-order valence-corrected chi connectivity index (χ4v) is 2.09. The summed E-state index contributed by atoms with van der Waals surface area (Å²) in [5, 5.41) is 3.48. The minimum atomic E-state index is 0.148. The van der Waals surface area contributed by atoms with Gasteiger partial charge >= 0.3 is 0 Å². The molecular weight excluding hydrogens is 210 g/mol. The van der Waals surface area contributed by atoms with Gasteiger partial charge in [0.05, 0.1) is 12.3 Å². The smallest absolute Gasteiger partial charge is 0.125 e. The van der Waals surface area contributed by atoms with E-state index in [0.717, 1.165) is 12.3 Å². The van der Waals surface area contributed by atoms with E-state index < -0.39 is 0 Å². The molecule has 1 heterocycles. The van der Waals surface area contributed by atoms with Crippen molar-refractivity contribution in [3.05, 3.63) is 59.0 Å². The molecule has 1 aromatic heterocycles. The summed E-state index contributed by atoms with van der Waals surface area (Å²) in [7, 11) is 0. The summed E-state index contributed by atoms with van der Waals surface area (Å²) in [6.45, 7) is 7.29. The molecule has 0 spiro atoms. The van der Waals surface area contributed by atoms with Crippen molar-refractivity contribution in [1.82, 2.24) is 5.32 Å². The molecule has 0 saturated carbocycles. The maximum Gasteiger partial charge on any atom is 0.125 e. The van der Waals surface area contributed by atoms with E-state index in [2.05, 4.69) is 44.3 Å². The molecule has 2 heteroatoms. The van der Waals surface area contributed by atoms with Crippen molar-refractivity contribution in [3.8, 4) is 0 Å². The first kappa shape index (κ1) is 11.9. The Kier molecular flexibility index (Phi) is 3.64. The lowest BCUT2D eigenvalue weighted by molar-refractivity contribution is 0.451. The highest BCUT2D eigenvalue weighted by Crippen LogP contribution is 2.26. The van der Waals surface area contributed by atoms with Crippen molar-refractivity contribution in [2.45, 2.75) is 26.8 Å². The summed E-state index contributed by atoms with van der Waals surface area (Å²) in [5.74, 6) is 0.973. The van der Waals surface area contributed by atoms with Gasteiger partial charge in [0.2, 0.25) is 0 Å². The van der Waals surface area contributed by atoms with E-state index >= 15 is 0 Å². The molecule has 1 atom stereocenters. The standard InChI is InChI=1S/C15H19NO/c1-4-16-15(14-6-5-9-17-14)13-10-11(2)7-8-12(13)3/h5-10,15-16H,4H2,1-3H3. The molecule has 90 valence electrons. The van der Waals surface area contributed by atoms with Gasteiger partial charge in [-0.3, -0.25) is 0 Å². The topological polar surface area (TPSA) is 25.2 Å². The molecule has 0 saturated heterocycles. The Labute approximate surface area is 103 Å². The van der Waals surface area contributed by atoms with Crippen LogP contribution in [0.25, 0.3) is 0 Å². The van der Waals surface area contributed by atoms with Crippen molar-refractivity contribution in [3.63, 3.8) is 0 Å². The third kappa shape index (κ3) is 2.59. The zero-order chi connectivity index (χ0) is 12.3. The van der Waals surface area contributed by atoms with Gasteiger partial charge in [-0.05, 0) is 43.7 Å². The molecule has 2 aromatic rings. The summed E-state index contributed by atoms with van der Waals surface area (Å²) >= 11 is 0. The number of benzene rings is 1. The van der Waals surface area contributed by atoms with Crippen LogP contribution in [-0.2, 0) is 0 Å². The number of hydrogen-bond acceptors (Lipinski definition) is 2. The van der Waals surface area contributed by atoms with Crippen molar-refractivity contribution < 1.29 is 4.42 Å². The van der Waals surface area contributed by atoms with Crippen LogP contribution < -0.4 is 5.32 Å². The number of nitrogens with one attached hydrogen (secondary N) is 1. The molecule has 0 aliphatic carbocycles. The zero-order valence-electron chi connectivity index (χ0n) is 10.7. The molecule has 0 aliphatic heterocycles. The van der Waals surface area contributed by atoms with Crippen molar-refractivity contribution >= 4 is 0 Å². The second-order valence-corrected chi connectivity index (χ2v) is 4.37. The molecule has 2 nitrogen and oxygen atoms in total. The van der Waals surface area contributed by atoms with Crippen molar-refractivity contribution in [2.24, 2.45) is 0 Å². The molecule has 1 N–H and O–H groups in total. The second kappa shape index (κ2) is 5.19. The summed E-state index contributed by atoms with van der Waals surface area (Å²) in [6, 6.07) is 10.6. The number of hydrogen-bond donors (Lipinski definition) is 1. The van der Waals surface area contributed by atoms with Crippen LogP contribution in [0.1, 0.15) is 35.4 Å². The third-order valence-electron chi connectivity index (χ3n) is 2.98. The van der Waals surface area contributed by atoms with E-state index in [0.29, 0.717) is 0 Å². The van der Waals surface area contributed by atoms with Gasteiger partial charge < -0.3 is 9.73 Å². The molecule has 0 amide bonds. The average Bonchev–Trinajstić information content (AvgIpc) is 2.83. The van der Waals surface area contributed by atoms with E-state index in [1.807, 2.05) is 12.1 Å². The highest BCUT2D eigenvalue weighted by molar-refractivity contribution is 5.36. The lowest BCUT2D eigenvalue weighted by Crippen LogP contribution is -2.22. The van der Waals surface area contributed by atoms with Crippen LogP contribution in [0.2, 0.25) is 0 Å². The zero-order valence-corrected chi connectivity index (χ0v) is 10.7. The Morgan fingerprint density at radius 3 is 2.71 bits per heavy atom. The lowest BCUT2D eigenvalue weighted by Gasteiger charge is -2.18. The fraction of sp³-hybridized carbons (Fsp3) is 0.333. The highest BCUT2D eigenvalue weighted by atomic mass is 16.3. The highest BCUT2D eigenvalue weighted by Gasteiger charge is 2.17. The first-order chi connectivity index (χ1) is 8.22. The molecule has 1 aromatic carbocycles. The lowest BCUT2D eigenvalue weighted by atomic mass is 9.97. The summed E-state index contributed by atoms with van der Waals surface area (Å²) < 4.78 is 5.53. The Hall–Kier alpha value is -1.54. The van der Waals surface area contributed by atoms with Gasteiger partial charge in [0.1, 0.15) is 5.76 Å². The Bertz CT molecular complexity index is 474. The van der Waals surface area contributed by atoms with Gasteiger partial charge in [-0.25, -0.2) is 0 Å². The van der Waals surface area contributed by atoms with Crippen LogP contribution in [0.5, 0.6) is 0 Å². The van der Waals surface area contributed by atoms with Crippen molar-refractivity contribution in [2.75, 3.05) is 6.54 Å². The molecule has 0 fully saturated rings. The second-order valence-electron chi connectivity index (χ2n) is 4.37. The summed E-state index contributed by atoms with van der Waals surface area (Å²) in [6.07, 6.45) is 1.73. The normalized spacial score (nSPS) is 12.6. The first-order valence-corrected chi connectivity index (χ1v) is 6.06.